The molecule has 0 spiro atoms. The Kier molecular flexibility index (Phi) is 4.10. The Morgan fingerprint density at radius 2 is 2.00 bits per heavy atom. The minimum Gasteiger partial charge on any atom is -0.461 e. The monoisotopic (exact) mass is 309 g/mol. The minimum atomic E-state index is -0.405. The Morgan fingerprint density at radius 3 is 2.65 bits per heavy atom. The molecule has 5 heteroatoms. The van der Waals surface area contributed by atoms with E-state index in [1.807, 2.05) is 35.0 Å². The van der Waals surface area contributed by atoms with E-state index in [1.54, 1.807) is 19.2 Å². The highest BCUT2D eigenvalue weighted by Crippen LogP contribution is 2.26. The zero-order chi connectivity index (χ0) is 16.4. The Labute approximate surface area is 134 Å². The van der Waals surface area contributed by atoms with Gasteiger partial charge in [0.25, 0.3) is 0 Å². The molecule has 0 saturated carbocycles. The molecule has 0 aliphatic rings. The summed E-state index contributed by atoms with van der Waals surface area (Å²) in [5, 5.41) is 5.44. The Hall–Kier alpha value is -2.69. The van der Waals surface area contributed by atoms with Crippen molar-refractivity contribution in [2.24, 2.45) is 0 Å². The average molecular weight is 309 g/mol. The van der Waals surface area contributed by atoms with Gasteiger partial charge in [-0.3, -0.25) is 0 Å². The van der Waals surface area contributed by atoms with Gasteiger partial charge in [0.1, 0.15) is 0 Å². The number of hydrogen-bond donors (Lipinski definition) is 0. The minimum absolute atomic E-state index is 0.181. The van der Waals surface area contributed by atoms with E-state index in [2.05, 4.69) is 23.9 Å². The molecule has 1 aromatic carbocycles. The molecule has 0 saturated heterocycles. The smallest absolute Gasteiger partial charge is 0.356 e. The molecule has 3 rings (SSSR count). The standard InChI is InChI=1S/C18H19N3O2/c1-4-23-18(22)15-10-16-14(17(20-15)12(2)3)11-19-21(16)13-8-6-5-7-9-13/h5-12H,4H2,1-3H3. The number of nitrogens with zero attached hydrogens (tertiary/aromatic N) is 3. The summed E-state index contributed by atoms with van der Waals surface area (Å²) < 4.78 is 6.93. The maximum absolute atomic E-state index is 12.1. The van der Waals surface area contributed by atoms with Gasteiger partial charge >= 0.3 is 5.97 Å². The highest BCUT2D eigenvalue weighted by atomic mass is 16.5. The van der Waals surface area contributed by atoms with Crippen molar-refractivity contribution in [1.29, 1.82) is 0 Å². The van der Waals surface area contributed by atoms with E-state index in [0.29, 0.717) is 12.3 Å². The molecule has 23 heavy (non-hydrogen) atoms. The molecule has 0 N–H and O–H groups in total. The third-order valence-electron chi connectivity index (χ3n) is 3.63. The summed E-state index contributed by atoms with van der Waals surface area (Å²) in [5.41, 5.74) is 2.98. The fourth-order valence-corrected chi connectivity index (χ4v) is 2.57. The molecule has 5 nitrogen and oxygen atoms in total. The first-order valence-corrected chi connectivity index (χ1v) is 7.73. The summed E-state index contributed by atoms with van der Waals surface area (Å²) in [4.78, 5) is 16.6. The van der Waals surface area contributed by atoms with Crippen LogP contribution in [0.3, 0.4) is 0 Å². The van der Waals surface area contributed by atoms with Crippen LogP contribution in [-0.4, -0.2) is 27.3 Å². The molecular formula is C18H19N3O2. The lowest BCUT2D eigenvalue weighted by Gasteiger charge is -2.10. The number of hydrogen-bond acceptors (Lipinski definition) is 4. The average Bonchev–Trinajstić information content (AvgIpc) is 2.98. The van der Waals surface area contributed by atoms with E-state index in [4.69, 9.17) is 4.74 Å². The SMILES string of the molecule is CCOC(=O)c1cc2c(cnn2-c2ccccc2)c(C(C)C)n1. The van der Waals surface area contributed by atoms with Gasteiger partial charge in [-0.05, 0) is 31.0 Å². The van der Waals surface area contributed by atoms with Crippen LogP contribution in [0, 0.1) is 0 Å². The number of para-hydroxylation sites is 1. The maximum atomic E-state index is 12.1. The third-order valence-corrected chi connectivity index (χ3v) is 3.63. The molecule has 0 bridgehead atoms. The second-order valence-corrected chi connectivity index (χ2v) is 5.59. The second-order valence-electron chi connectivity index (χ2n) is 5.59. The molecule has 3 aromatic rings. The predicted molar refractivity (Wildman–Crippen MR) is 88.9 cm³/mol. The fraction of sp³-hybridized carbons (Fsp3) is 0.278. The first-order chi connectivity index (χ1) is 11.1. The summed E-state index contributed by atoms with van der Waals surface area (Å²) in [7, 11) is 0. The zero-order valence-electron chi connectivity index (χ0n) is 13.5. The molecule has 0 unspecified atom stereocenters. The van der Waals surface area contributed by atoms with Crippen LogP contribution in [0.5, 0.6) is 0 Å². The van der Waals surface area contributed by atoms with Gasteiger partial charge in [-0.25, -0.2) is 14.5 Å². The number of benzene rings is 1. The third kappa shape index (κ3) is 2.82. The number of rotatable bonds is 4. The summed E-state index contributed by atoms with van der Waals surface area (Å²) in [6.45, 7) is 6.22. The Balaban J connectivity index is 2.23. The molecule has 0 fully saturated rings. The van der Waals surface area contributed by atoms with Crippen LogP contribution in [0.2, 0.25) is 0 Å². The second kappa shape index (κ2) is 6.20. The molecule has 0 aliphatic carbocycles. The van der Waals surface area contributed by atoms with Gasteiger partial charge in [-0.15, -0.1) is 0 Å². The topological polar surface area (TPSA) is 57.0 Å². The Bertz CT molecular complexity index is 838. The van der Waals surface area contributed by atoms with Crippen LogP contribution < -0.4 is 0 Å². The van der Waals surface area contributed by atoms with Crippen molar-refractivity contribution in [1.82, 2.24) is 14.8 Å². The van der Waals surface area contributed by atoms with Gasteiger partial charge < -0.3 is 4.74 Å². The number of carbonyl (C=O) groups excluding carboxylic acids is 1. The molecule has 2 aromatic heterocycles. The first kappa shape index (κ1) is 15.2. The van der Waals surface area contributed by atoms with E-state index < -0.39 is 5.97 Å². The van der Waals surface area contributed by atoms with Crippen molar-refractivity contribution in [3.05, 3.63) is 54.0 Å². The highest BCUT2D eigenvalue weighted by molar-refractivity contribution is 5.93. The van der Waals surface area contributed by atoms with E-state index >= 15 is 0 Å². The van der Waals surface area contributed by atoms with E-state index in [9.17, 15) is 4.79 Å². The lowest BCUT2D eigenvalue weighted by Crippen LogP contribution is -2.10. The van der Waals surface area contributed by atoms with Crippen LogP contribution in [0.4, 0.5) is 0 Å². The van der Waals surface area contributed by atoms with Crippen molar-refractivity contribution in [2.75, 3.05) is 6.61 Å². The number of fused-ring (bicyclic) bond motifs is 1. The molecule has 0 aliphatic heterocycles. The van der Waals surface area contributed by atoms with Crippen LogP contribution in [0.1, 0.15) is 42.9 Å². The van der Waals surface area contributed by atoms with Crippen LogP contribution in [0.25, 0.3) is 16.6 Å². The largest absolute Gasteiger partial charge is 0.461 e. The van der Waals surface area contributed by atoms with Crippen molar-refractivity contribution in [2.45, 2.75) is 26.7 Å². The van der Waals surface area contributed by atoms with Crippen molar-refractivity contribution < 1.29 is 9.53 Å². The van der Waals surface area contributed by atoms with Gasteiger partial charge in [-0.1, -0.05) is 32.0 Å². The summed E-state index contributed by atoms with van der Waals surface area (Å²) >= 11 is 0. The van der Waals surface area contributed by atoms with Crippen molar-refractivity contribution in [3.63, 3.8) is 0 Å². The fourth-order valence-electron chi connectivity index (χ4n) is 2.57. The molecular weight excluding hydrogens is 290 g/mol. The highest BCUT2D eigenvalue weighted by Gasteiger charge is 2.18. The lowest BCUT2D eigenvalue weighted by atomic mass is 10.1. The van der Waals surface area contributed by atoms with Crippen LogP contribution in [0.15, 0.2) is 42.6 Å². The van der Waals surface area contributed by atoms with Gasteiger partial charge in [0.15, 0.2) is 5.69 Å². The lowest BCUT2D eigenvalue weighted by molar-refractivity contribution is 0.0519. The summed E-state index contributed by atoms with van der Waals surface area (Å²) in [5.74, 6) is -0.225. The van der Waals surface area contributed by atoms with E-state index in [0.717, 1.165) is 22.3 Å². The van der Waals surface area contributed by atoms with Crippen LogP contribution >= 0.6 is 0 Å². The number of aromatic nitrogens is 3. The van der Waals surface area contributed by atoms with Gasteiger partial charge in [0.2, 0.25) is 0 Å². The Morgan fingerprint density at radius 1 is 1.26 bits per heavy atom. The molecule has 0 amide bonds. The van der Waals surface area contributed by atoms with Crippen LogP contribution in [-0.2, 0) is 4.74 Å². The van der Waals surface area contributed by atoms with Gasteiger partial charge in [-0.2, -0.15) is 5.10 Å². The predicted octanol–water partition coefficient (Wildman–Crippen LogP) is 3.72. The zero-order valence-corrected chi connectivity index (χ0v) is 13.5. The molecule has 0 radical (unpaired) electrons. The van der Waals surface area contributed by atoms with Crippen molar-refractivity contribution in [3.8, 4) is 5.69 Å². The number of esters is 1. The van der Waals surface area contributed by atoms with E-state index in [-0.39, 0.29) is 5.92 Å². The van der Waals surface area contributed by atoms with Crippen molar-refractivity contribution >= 4 is 16.9 Å². The summed E-state index contributed by atoms with van der Waals surface area (Å²) in [6.07, 6.45) is 1.81. The number of pyridine rings is 1. The molecule has 2 heterocycles. The normalized spacial score (nSPS) is 11.1. The maximum Gasteiger partial charge on any atom is 0.356 e. The molecule has 0 atom stereocenters. The van der Waals surface area contributed by atoms with E-state index in [1.165, 1.54) is 0 Å². The number of ether oxygens (including phenoxy) is 1. The number of carbonyl (C=O) groups is 1. The van der Waals surface area contributed by atoms with Gasteiger partial charge in [0.05, 0.1) is 29.7 Å². The van der Waals surface area contributed by atoms with Gasteiger partial charge in [0, 0.05) is 5.39 Å². The summed E-state index contributed by atoms with van der Waals surface area (Å²) in [6, 6.07) is 11.6. The quantitative estimate of drug-likeness (QED) is 0.689. The first-order valence-electron chi connectivity index (χ1n) is 7.73. The molecule has 118 valence electrons.